The van der Waals surface area contributed by atoms with Gasteiger partial charge in [-0.1, -0.05) is 25.3 Å². The lowest BCUT2D eigenvalue weighted by Gasteiger charge is -2.23. The van der Waals surface area contributed by atoms with Crippen LogP contribution in [0.2, 0.25) is 0 Å². The minimum absolute atomic E-state index is 0. The number of halogens is 1. The third-order valence-corrected chi connectivity index (χ3v) is 3.80. The number of guanidine groups is 1. The molecule has 2 rings (SSSR count). The second-order valence-corrected chi connectivity index (χ2v) is 5.60. The highest BCUT2D eigenvalue weighted by atomic mass is 127. The van der Waals surface area contributed by atoms with Crippen LogP contribution in [0.4, 0.5) is 5.82 Å². The van der Waals surface area contributed by atoms with Crippen LogP contribution in [0.3, 0.4) is 0 Å². The van der Waals surface area contributed by atoms with Gasteiger partial charge in [0.2, 0.25) is 0 Å². The van der Waals surface area contributed by atoms with Gasteiger partial charge >= 0.3 is 0 Å². The van der Waals surface area contributed by atoms with E-state index in [1.807, 2.05) is 18.2 Å². The summed E-state index contributed by atoms with van der Waals surface area (Å²) >= 11 is 0. The highest BCUT2D eigenvalue weighted by molar-refractivity contribution is 14.0. The second-order valence-electron chi connectivity index (χ2n) is 5.60. The number of aliphatic imine (C=N–C) groups is 1. The molecule has 1 heterocycles. The first kappa shape index (κ1) is 19.0. The molecule has 0 spiro atoms. The van der Waals surface area contributed by atoms with Crippen molar-refractivity contribution in [3.05, 3.63) is 24.4 Å². The fraction of sp³-hybridized carbons (Fsp3) is 0.625. The summed E-state index contributed by atoms with van der Waals surface area (Å²) in [5.41, 5.74) is 5.92. The van der Waals surface area contributed by atoms with Gasteiger partial charge in [0.15, 0.2) is 5.96 Å². The number of unbranched alkanes of at least 4 members (excludes halogenated alkanes) is 1. The van der Waals surface area contributed by atoms with E-state index in [-0.39, 0.29) is 24.0 Å². The second kappa shape index (κ2) is 11.5. The Morgan fingerprint density at radius 2 is 2.05 bits per heavy atom. The molecule has 1 aromatic heterocycles. The van der Waals surface area contributed by atoms with Crippen LogP contribution < -0.4 is 16.4 Å². The number of aromatic nitrogens is 1. The number of pyridine rings is 1. The molecule has 124 valence electrons. The van der Waals surface area contributed by atoms with E-state index in [2.05, 4.69) is 20.6 Å². The Morgan fingerprint density at radius 3 is 2.77 bits per heavy atom. The number of nitrogens with zero attached hydrogens (tertiary/aromatic N) is 2. The molecular formula is C16H28IN5. The Hall–Kier alpha value is -1.05. The summed E-state index contributed by atoms with van der Waals surface area (Å²) < 4.78 is 0. The van der Waals surface area contributed by atoms with Crippen LogP contribution in [-0.4, -0.2) is 30.1 Å². The van der Waals surface area contributed by atoms with Gasteiger partial charge in [-0.3, -0.25) is 4.99 Å². The molecule has 0 bridgehead atoms. The summed E-state index contributed by atoms with van der Waals surface area (Å²) in [5, 5.41) is 6.63. The summed E-state index contributed by atoms with van der Waals surface area (Å²) in [6, 6.07) is 6.41. The van der Waals surface area contributed by atoms with Crippen molar-refractivity contribution >= 4 is 35.8 Å². The van der Waals surface area contributed by atoms with Crippen molar-refractivity contribution < 1.29 is 0 Å². The molecular weight excluding hydrogens is 389 g/mol. The average Bonchev–Trinajstić information content (AvgIpc) is 2.53. The molecule has 5 nitrogen and oxygen atoms in total. The highest BCUT2D eigenvalue weighted by Gasteiger charge is 2.12. The molecule has 0 amide bonds. The van der Waals surface area contributed by atoms with E-state index in [1.165, 1.54) is 32.1 Å². The molecule has 0 aromatic carbocycles. The van der Waals surface area contributed by atoms with E-state index in [9.17, 15) is 0 Å². The van der Waals surface area contributed by atoms with E-state index in [4.69, 9.17) is 5.73 Å². The lowest BCUT2D eigenvalue weighted by Crippen LogP contribution is -2.41. The first-order valence-electron chi connectivity index (χ1n) is 8.06. The minimum Gasteiger partial charge on any atom is -0.370 e. The molecule has 0 aliphatic heterocycles. The molecule has 0 unspecified atom stereocenters. The van der Waals surface area contributed by atoms with Crippen molar-refractivity contribution in [3.8, 4) is 0 Å². The fourth-order valence-electron chi connectivity index (χ4n) is 2.62. The van der Waals surface area contributed by atoms with Crippen LogP contribution in [0.1, 0.15) is 44.9 Å². The normalized spacial score (nSPS) is 15.9. The zero-order valence-corrected chi connectivity index (χ0v) is 15.5. The van der Waals surface area contributed by atoms with Crippen LogP contribution in [0.5, 0.6) is 0 Å². The maximum atomic E-state index is 5.92. The van der Waals surface area contributed by atoms with Crippen LogP contribution >= 0.6 is 24.0 Å². The van der Waals surface area contributed by atoms with Crippen LogP contribution in [0, 0.1) is 0 Å². The fourth-order valence-corrected chi connectivity index (χ4v) is 2.62. The predicted molar refractivity (Wildman–Crippen MR) is 104 cm³/mol. The zero-order valence-electron chi connectivity index (χ0n) is 13.1. The highest BCUT2D eigenvalue weighted by Crippen LogP contribution is 2.16. The molecule has 0 saturated heterocycles. The van der Waals surface area contributed by atoms with Gasteiger partial charge < -0.3 is 16.4 Å². The summed E-state index contributed by atoms with van der Waals surface area (Å²) in [5.74, 6) is 1.54. The van der Waals surface area contributed by atoms with E-state index in [0.29, 0.717) is 12.0 Å². The molecule has 4 N–H and O–H groups in total. The van der Waals surface area contributed by atoms with E-state index < -0.39 is 0 Å². The van der Waals surface area contributed by atoms with Gasteiger partial charge in [-0.15, -0.1) is 24.0 Å². The number of hydrogen-bond acceptors (Lipinski definition) is 3. The molecule has 1 aliphatic rings. The van der Waals surface area contributed by atoms with Crippen molar-refractivity contribution in [2.24, 2.45) is 10.7 Å². The topological polar surface area (TPSA) is 75.3 Å². The summed E-state index contributed by atoms with van der Waals surface area (Å²) in [6.45, 7) is 1.71. The number of rotatable bonds is 7. The molecule has 0 radical (unpaired) electrons. The molecule has 0 atom stereocenters. The van der Waals surface area contributed by atoms with Crippen molar-refractivity contribution in [3.63, 3.8) is 0 Å². The smallest absolute Gasteiger partial charge is 0.188 e. The number of anilines is 1. The van der Waals surface area contributed by atoms with E-state index in [0.717, 1.165) is 31.7 Å². The maximum Gasteiger partial charge on any atom is 0.188 e. The minimum atomic E-state index is 0. The number of hydrogen-bond donors (Lipinski definition) is 3. The van der Waals surface area contributed by atoms with Gasteiger partial charge in [0.25, 0.3) is 0 Å². The summed E-state index contributed by atoms with van der Waals surface area (Å²) in [7, 11) is 0. The molecule has 1 fully saturated rings. The maximum absolute atomic E-state index is 5.92. The van der Waals surface area contributed by atoms with Crippen LogP contribution in [0.25, 0.3) is 0 Å². The third-order valence-electron chi connectivity index (χ3n) is 3.80. The number of nitrogens with one attached hydrogen (secondary N) is 2. The van der Waals surface area contributed by atoms with Gasteiger partial charge in [0.05, 0.1) is 0 Å². The van der Waals surface area contributed by atoms with E-state index in [1.54, 1.807) is 6.20 Å². The quantitative estimate of drug-likeness (QED) is 0.276. The molecule has 1 aromatic rings. The van der Waals surface area contributed by atoms with Crippen molar-refractivity contribution in [1.29, 1.82) is 0 Å². The SMILES string of the molecule is I.NC(=NCCCCNc1ccccn1)NC1CCCCC1. The predicted octanol–water partition coefficient (Wildman–Crippen LogP) is 3.13. The Labute approximate surface area is 150 Å². The first-order chi connectivity index (χ1) is 10.3. The average molecular weight is 417 g/mol. The van der Waals surface area contributed by atoms with Crippen LogP contribution in [0.15, 0.2) is 29.4 Å². The Balaban J connectivity index is 0.00000242. The first-order valence-corrected chi connectivity index (χ1v) is 8.06. The lowest BCUT2D eigenvalue weighted by molar-refractivity contribution is 0.412. The Morgan fingerprint density at radius 1 is 1.23 bits per heavy atom. The van der Waals surface area contributed by atoms with Crippen LogP contribution in [-0.2, 0) is 0 Å². The van der Waals surface area contributed by atoms with Crippen molar-refractivity contribution in [1.82, 2.24) is 10.3 Å². The molecule has 1 aliphatic carbocycles. The summed E-state index contributed by atoms with van der Waals surface area (Å²) in [6.07, 6.45) is 10.3. The third kappa shape index (κ3) is 7.82. The van der Waals surface area contributed by atoms with E-state index >= 15 is 0 Å². The standard InChI is InChI=1S/C16H27N5.HI/c17-16(21-14-8-2-1-3-9-14)20-13-7-6-12-19-15-10-4-5-11-18-15;/h4-5,10-11,14H,1-3,6-9,12-13H2,(H,18,19)(H3,17,20,21);1H. The van der Waals surface area contributed by atoms with Gasteiger partial charge in [0, 0.05) is 25.3 Å². The summed E-state index contributed by atoms with van der Waals surface area (Å²) in [4.78, 5) is 8.62. The van der Waals surface area contributed by atoms with Gasteiger partial charge in [0.1, 0.15) is 5.82 Å². The van der Waals surface area contributed by atoms with Crippen molar-refractivity contribution in [2.45, 2.75) is 51.0 Å². The molecule has 1 saturated carbocycles. The zero-order chi connectivity index (χ0) is 14.8. The monoisotopic (exact) mass is 417 g/mol. The molecule has 6 heteroatoms. The van der Waals surface area contributed by atoms with Gasteiger partial charge in [-0.2, -0.15) is 0 Å². The Bertz CT molecular complexity index is 418. The van der Waals surface area contributed by atoms with Gasteiger partial charge in [-0.05, 0) is 37.8 Å². The largest absolute Gasteiger partial charge is 0.370 e. The number of nitrogens with two attached hydrogens (primary N) is 1. The molecule has 22 heavy (non-hydrogen) atoms. The van der Waals surface area contributed by atoms with Gasteiger partial charge in [-0.25, -0.2) is 4.98 Å². The lowest BCUT2D eigenvalue weighted by atomic mass is 9.96. The van der Waals surface area contributed by atoms with Crippen molar-refractivity contribution in [2.75, 3.05) is 18.4 Å². The Kier molecular flexibility index (Phi) is 9.94.